The van der Waals surface area contributed by atoms with E-state index >= 15 is 0 Å². The minimum absolute atomic E-state index is 0.0887. The fraction of sp³-hybridized carbons (Fsp3) is 0.259. The third-order valence-electron chi connectivity index (χ3n) is 6.53. The Kier molecular flexibility index (Phi) is 5.84. The van der Waals surface area contributed by atoms with Gasteiger partial charge in [0.05, 0.1) is 37.1 Å². The summed E-state index contributed by atoms with van der Waals surface area (Å²) in [6, 6.07) is 20.9. The van der Waals surface area contributed by atoms with Gasteiger partial charge in [0.1, 0.15) is 11.9 Å². The maximum Gasteiger partial charge on any atom is 0.170 e. The van der Waals surface area contributed by atoms with Crippen LogP contribution in [0.5, 0.6) is 0 Å². The molecule has 0 atom stereocenters. The van der Waals surface area contributed by atoms with E-state index < -0.39 is 0 Å². The lowest BCUT2D eigenvalue weighted by atomic mass is 9.99. The van der Waals surface area contributed by atoms with Crippen molar-refractivity contribution in [3.8, 4) is 0 Å². The molecule has 5 aromatic rings. The van der Waals surface area contributed by atoms with Crippen molar-refractivity contribution in [2.45, 2.75) is 46.8 Å². The van der Waals surface area contributed by atoms with Gasteiger partial charge in [-0.15, -0.1) is 0 Å². The summed E-state index contributed by atoms with van der Waals surface area (Å²) >= 11 is 0. The quantitative estimate of drug-likeness (QED) is 0.362. The lowest BCUT2D eigenvalue weighted by Crippen LogP contribution is -2.19. The van der Waals surface area contributed by atoms with E-state index in [4.69, 9.17) is 10.1 Å². The van der Waals surface area contributed by atoms with Gasteiger partial charge in [0.15, 0.2) is 5.82 Å². The summed E-state index contributed by atoms with van der Waals surface area (Å²) in [6.07, 6.45) is 3.74. The van der Waals surface area contributed by atoms with E-state index in [-0.39, 0.29) is 6.04 Å². The molecule has 0 N–H and O–H groups in total. The van der Waals surface area contributed by atoms with Crippen molar-refractivity contribution in [3.05, 3.63) is 119 Å². The molecule has 0 amide bonds. The average Bonchev–Trinajstić information content (AvgIpc) is 3.50. The summed E-state index contributed by atoms with van der Waals surface area (Å²) < 4.78 is 6.32. The lowest BCUT2D eigenvalue weighted by Gasteiger charge is -2.21. The maximum atomic E-state index is 5.06. The smallest absolute Gasteiger partial charge is 0.170 e. The van der Waals surface area contributed by atoms with Gasteiger partial charge in [0.25, 0.3) is 0 Å². The third kappa shape index (κ3) is 4.17. The van der Waals surface area contributed by atoms with E-state index in [0.29, 0.717) is 13.1 Å². The second kappa shape index (κ2) is 9.09. The number of imidazole rings is 2. The van der Waals surface area contributed by atoms with Crippen molar-refractivity contribution >= 4 is 0 Å². The van der Waals surface area contributed by atoms with E-state index in [1.807, 2.05) is 38.6 Å². The summed E-state index contributed by atoms with van der Waals surface area (Å²) in [4.78, 5) is 14.0. The molecule has 7 heteroatoms. The second-order valence-corrected chi connectivity index (χ2v) is 8.70. The first-order valence-corrected chi connectivity index (χ1v) is 11.5. The Morgan fingerprint density at radius 3 is 1.65 bits per heavy atom. The van der Waals surface area contributed by atoms with Gasteiger partial charge in [-0.3, -0.25) is 0 Å². The Balaban J connectivity index is 1.64. The Morgan fingerprint density at radius 2 is 1.18 bits per heavy atom. The van der Waals surface area contributed by atoms with Gasteiger partial charge < -0.3 is 9.13 Å². The summed E-state index contributed by atoms with van der Waals surface area (Å²) in [5.41, 5.74) is 6.64. The van der Waals surface area contributed by atoms with Crippen LogP contribution in [-0.4, -0.2) is 33.9 Å². The third-order valence-corrected chi connectivity index (χ3v) is 6.53. The fourth-order valence-electron chi connectivity index (χ4n) is 4.24. The van der Waals surface area contributed by atoms with E-state index in [2.05, 4.69) is 86.2 Å². The molecular weight excluding hydrogens is 422 g/mol. The molecule has 0 aliphatic rings. The Hall–Kier alpha value is -4.00. The molecule has 7 nitrogen and oxygen atoms in total. The molecule has 2 aromatic carbocycles. The first-order chi connectivity index (χ1) is 16.5. The van der Waals surface area contributed by atoms with Crippen molar-refractivity contribution in [2.75, 3.05) is 0 Å². The van der Waals surface area contributed by atoms with Crippen LogP contribution >= 0.6 is 0 Å². The van der Waals surface area contributed by atoms with Gasteiger partial charge in [0, 0.05) is 11.4 Å². The van der Waals surface area contributed by atoms with Crippen LogP contribution < -0.4 is 0 Å². The highest BCUT2D eigenvalue weighted by molar-refractivity contribution is 5.33. The summed E-state index contributed by atoms with van der Waals surface area (Å²) in [7, 11) is 0. The molecule has 0 fully saturated rings. The molecule has 0 saturated carbocycles. The van der Waals surface area contributed by atoms with Crippen molar-refractivity contribution in [2.24, 2.45) is 0 Å². The Labute approximate surface area is 199 Å². The first-order valence-electron chi connectivity index (χ1n) is 11.5. The molecule has 3 heterocycles. The highest BCUT2D eigenvalue weighted by Gasteiger charge is 2.23. The highest BCUT2D eigenvalue weighted by atomic mass is 15.4. The summed E-state index contributed by atoms with van der Waals surface area (Å²) in [6.45, 7) is 9.39. The van der Waals surface area contributed by atoms with Crippen LogP contribution in [0, 0.1) is 27.7 Å². The van der Waals surface area contributed by atoms with E-state index in [1.54, 1.807) is 0 Å². The number of aromatic nitrogens is 7. The monoisotopic (exact) mass is 451 g/mol. The molecule has 0 aliphatic heterocycles. The van der Waals surface area contributed by atoms with E-state index in [1.165, 1.54) is 11.1 Å². The number of aryl methyl sites for hydroxylation is 2. The molecular formula is C27H29N7. The van der Waals surface area contributed by atoms with Gasteiger partial charge in [-0.25, -0.2) is 19.6 Å². The van der Waals surface area contributed by atoms with Crippen molar-refractivity contribution in [1.29, 1.82) is 0 Å². The first kappa shape index (κ1) is 21.8. The molecule has 0 radical (unpaired) electrons. The van der Waals surface area contributed by atoms with Crippen molar-refractivity contribution in [1.82, 2.24) is 33.9 Å². The number of nitrogens with zero attached hydrogens (tertiary/aromatic N) is 7. The van der Waals surface area contributed by atoms with Gasteiger partial charge >= 0.3 is 0 Å². The zero-order valence-electron chi connectivity index (χ0n) is 20.1. The van der Waals surface area contributed by atoms with Crippen molar-refractivity contribution in [3.63, 3.8) is 0 Å². The summed E-state index contributed by atoms with van der Waals surface area (Å²) in [5.74, 6) is 1.66. The van der Waals surface area contributed by atoms with Crippen LogP contribution in [-0.2, 0) is 13.1 Å². The maximum absolute atomic E-state index is 5.06. The minimum Gasteiger partial charge on any atom is -0.327 e. The summed E-state index contributed by atoms with van der Waals surface area (Å²) in [5, 5.41) is 5.06. The number of hydrogen-bond acceptors (Lipinski definition) is 4. The van der Waals surface area contributed by atoms with E-state index in [9.17, 15) is 0 Å². The zero-order valence-corrected chi connectivity index (χ0v) is 20.1. The topological polar surface area (TPSA) is 66.3 Å². The lowest BCUT2D eigenvalue weighted by molar-refractivity contribution is 0.539. The van der Waals surface area contributed by atoms with Crippen molar-refractivity contribution < 1.29 is 0 Å². The number of benzene rings is 2. The van der Waals surface area contributed by atoms with Crippen LogP contribution in [0.3, 0.4) is 0 Å². The zero-order chi connectivity index (χ0) is 23.7. The SMILES string of the molecule is Cc1ncn(Cc2nc(Cn3cnc(C)c3C)n(C(c3ccccc3)c3ccccc3)n2)c1C. The molecule has 34 heavy (non-hydrogen) atoms. The predicted molar refractivity (Wildman–Crippen MR) is 132 cm³/mol. The Morgan fingerprint density at radius 1 is 0.676 bits per heavy atom. The standard InChI is InChI=1S/C27H29N7/c1-19-21(3)32(17-28-19)15-25-30-26(16-33-18-29-20(2)22(33)4)34(31-25)27(23-11-7-5-8-12-23)24-13-9-6-10-14-24/h5-14,17-18,27H,15-16H2,1-4H3. The molecule has 5 rings (SSSR count). The molecule has 0 bridgehead atoms. The molecule has 0 aliphatic carbocycles. The minimum atomic E-state index is -0.0887. The van der Waals surface area contributed by atoms with E-state index in [0.717, 1.165) is 34.4 Å². The number of hydrogen-bond donors (Lipinski definition) is 0. The Bertz CT molecular complexity index is 1350. The van der Waals surface area contributed by atoms with Gasteiger partial charge in [0.2, 0.25) is 0 Å². The van der Waals surface area contributed by atoms with Crippen LogP contribution in [0.25, 0.3) is 0 Å². The van der Waals surface area contributed by atoms with Crippen LogP contribution in [0.1, 0.15) is 51.6 Å². The average molecular weight is 452 g/mol. The molecule has 0 saturated heterocycles. The number of rotatable bonds is 7. The largest absolute Gasteiger partial charge is 0.327 e. The second-order valence-electron chi connectivity index (χ2n) is 8.70. The van der Waals surface area contributed by atoms with Gasteiger partial charge in [-0.2, -0.15) is 5.10 Å². The predicted octanol–water partition coefficient (Wildman–Crippen LogP) is 4.64. The molecule has 0 spiro atoms. The normalized spacial score (nSPS) is 11.4. The molecule has 172 valence electrons. The van der Waals surface area contributed by atoms with Crippen LogP contribution in [0.4, 0.5) is 0 Å². The fourth-order valence-corrected chi connectivity index (χ4v) is 4.24. The van der Waals surface area contributed by atoms with Crippen LogP contribution in [0.2, 0.25) is 0 Å². The van der Waals surface area contributed by atoms with Crippen LogP contribution in [0.15, 0.2) is 73.3 Å². The molecule has 3 aromatic heterocycles. The van der Waals surface area contributed by atoms with Gasteiger partial charge in [-0.1, -0.05) is 60.7 Å². The van der Waals surface area contributed by atoms with Gasteiger partial charge in [-0.05, 0) is 38.8 Å². The molecule has 0 unspecified atom stereocenters. The highest BCUT2D eigenvalue weighted by Crippen LogP contribution is 2.28.